The molecule has 0 spiro atoms. The Balaban J connectivity index is 1.74. The summed E-state index contributed by atoms with van der Waals surface area (Å²) < 4.78 is 18.3. The number of piperidine rings is 1. The third-order valence-electron chi connectivity index (χ3n) is 5.54. The average molecular weight is 362 g/mol. The van der Waals surface area contributed by atoms with Crippen LogP contribution >= 0.6 is 0 Å². The van der Waals surface area contributed by atoms with Gasteiger partial charge in [0.15, 0.2) is 0 Å². The Morgan fingerprint density at radius 3 is 2.65 bits per heavy atom. The van der Waals surface area contributed by atoms with Crippen LogP contribution in [-0.4, -0.2) is 61.5 Å². The van der Waals surface area contributed by atoms with Gasteiger partial charge in [0, 0.05) is 25.6 Å². The standard InChI is InChI=1S/C20H27FN2O3/c1-26-20(25)11-19(24)23-13-16(12-22-8-3-2-4-9-22)18(14-23)15-6-5-7-17(21)10-15/h5-7,10,16,18H,2-4,8-9,11-14H2,1H3. The Morgan fingerprint density at radius 1 is 1.19 bits per heavy atom. The third-order valence-corrected chi connectivity index (χ3v) is 5.54. The summed E-state index contributed by atoms with van der Waals surface area (Å²) in [7, 11) is 1.29. The number of esters is 1. The van der Waals surface area contributed by atoms with Crippen LogP contribution in [-0.2, 0) is 14.3 Å². The van der Waals surface area contributed by atoms with Crippen molar-refractivity contribution in [3.05, 3.63) is 35.6 Å². The Kier molecular flexibility index (Phi) is 6.25. The molecule has 2 aliphatic heterocycles. The summed E-state index contributed by atoms with van der Waals surface area (Å²) in [4.78, 5) is 28.1. The van der Waals surface area contributed by atoms with Crippen LogP contribution in [0.3, 0.4) is 0 Å². The Labute approximate surface area is 154 Å². The van der Waals surface area contributed by atoms with Crippen LogP contribution in [0.4, 0.5) is 4.39 Å². The number of hydrogen-bond donors (Lipinski definition) is 0. The second-order valence-corrected chi connectivity index (χ2v) is 7.33. The van der Waals surface area contributed by atoms with E-state index in [2.05, 4.69) is 9.64 Å². The molecule has 2 aliphatic rings. The van der Waals surface area contributed by atoms with Gasteiger partial charge < -0.3 is 14.5 Å². The van der Waals surface area contributed by atoms with Gasteiger partial charge in [-0.05, 0) is 49.5 Å². The van der Waals surface area contributed by atoms with Gasteiger partial charge in [0.05, 0.1) is 7.11 Å². The average Bonchev–Trinajstić information content (AvgIpc) is 3.06. The van der Waals surface area contributed by atoms with Crippen LogP contribution in [0.5, 0.6) is 0 Å². The van der Waals surface area contributed by atoms with Crippen molar-refractivity contribution in [2.75, 3.05) is 39.8 Å². The first kappa shape index (κ1) is 18.8. The van der Waals surface area contributed by atoms with Gasteiger partial charge in [0.25, 0.3) is 0 Å². The first-order chi connectivity index (χ1) is 12.6. The summed E-state index contributed by atoms with van der Waals surface area (Å²) >= 11 is 0. The number of likely N-dealkylation sites (tertiary alicyclic amines) is 2. The lowest BCUT2D eigenvalue weighted by atomic mass is 9.88. The van der Waals surface area contributed by atoms with Crippen LogP contribution in [0.25, 0.3) is 0 Å². The maximum atomic E-state index is 13.7. The molecule has 5 nitrogen and oxygen atoms in total. The number of rotatable bonds is 5. The highest BCUT2D eigenvalue weighted by Crippen LogP contribution is 2.34. The summed E-state index contributed by atoms with van der Waals surface area (Å²) in [5.41, 5.74) is 0.931. The van der Waals surface area contributed by atoms with Crippen molar-refractivity contribution < 1.29 is 18.7 Å². The molecule has 0 aromatic heterocycles. The minimum atomic E-state index is -0.517. The summed E-state index contributed by atoms with van der Waals surface area (Å²) in [6.45, 7) is 4.21. The lowest BCUT2D eigenvalue weighted by Gasteiger charge is -2.31. The van der Waals surface area contributed by atoms with Crippen molar-refractivity contribution in [2.45, 2.75) is 31.6 Å². The van der Waals surface area contributed by atoms with E-state index in [0.29, 0.717) is 13.1 Å². The minimum absolute atomic E-state index is 0.0919. The molecule has 0 saturated carbocycles. The maximum Gasteiger partial charge on any atom is 0.315 e. The zero-order valence-electron chi connectivity index (χ0n) is 15.3. The van der Waals surface area contributed by atoms with E-state index in [-0.39, 0.29) is 30.0 Å². The summed E-state index contributed by atoms with van der Waals surface area (Å²) in [5.74, 6) is -0.638. The van der Waals surface area contributed by atoms with Gasteiger partial charge in [-0.1, -0.05) is 18.6 Å². The van der Waals surface area contributed by atoms with Crippen LogP contribution < -0.4 is 0 Å². The van der Waals surface area contributed by atoms with E-state index < -0.39 is 5.97 Å². The number of ether oxygens (including phenoxy) is 1. The maximum absolute atomic E-state index is 13.7. The summed E-state index contributed by atoms with van der Waals surface area (Å²) in [6, 6.07) is 6.67. The number of amides is 1. The Bertz CT molecular complexity index is 646. The number of carbonyl (C=O) groups excluding carboxylic acids is 2. The molecule has 1 aromatic carbocycles. The van der Waals surface area contributed by atoms with E-state index >= 15 is 0 Å². The van der Waals surface area contributed by atoms with Gasteiger partial charge in [0.1, 0.15) is 12.2 Å². The molecule has 142 valence electrons. The van der Waals surface area contributed by atoms with Crippen LogP contribution in [0.15, 0.2) is 24.3 Å². The molecule has 2 saturated heterocycles. The number of carbonyl (C=O) groups is 2. The predicted molar refractivity (Wildman–Crippen MR) is 96.1 cm³/mol. The molecule has 1 aromatic rings. The number of methoxy groups -OCH3 is 1. The first-order valence-corrected chi connectivity index (χ1v) is 9.39. The predicted octanol–water partition coefficient (Wildman–Crippen LogP) is 2.42. The molecule has 2 heterocycles. The topological polar surface area (TPSA) is 49.9 Å². The van der Waals surface area contributed by atoms with Crippen molar-refractivity contribution in [2.24, 2.45) is 5.92 Å². The number of benzene rings is 1. The molecule has 6 heteroatoms. The number of halogens is 1. The van der Waals surface area contributed by atoms with E-state index in [1.165, 1.54) is 32.4 Å². The Hall–Kier alpha value is -1.95. The largest absolute Gasteiger partial charge is 0.469 e. The highest BCUT2D eigenvalue weighted by atomic mass is 19.1. The van der Waals surface area contributed by atoms with Gasteiger partial charge >= 0.3 is 5.97 Å². The smallest absolute Gasteiger partial charge is 0.315 e. The van der Waals surface area contributed by atoms with Gasteiger partial charge in [0.2, 0.25) is 5.91 Å². The minimum Gasteiger partial charge on any atom is -0.469 e. The molecule has 26 heavy (non-hydrogen) atoms. The molecule has 0 aliphatic carbocycles. The molecule has 1 amide bonds. The van der Waals surface area contributed by atoms with Crippen molar-refractivity contribution in [1.29, 1.82) is 0 Å². The highest BCUT2D eigenvalue weighted by molar-refractivity contribution is 5.94. The fraction of sp³-hybridized carbons (Fsp3) is 0.600. The summed E-state index contributed by atoms with van der Waals surface area (Å²) in [5, 5.41) is 0. The quantitative estimate of drug-likeness (QED) is 0.596. The summed E-state index contributed by atoms with van der Waals surface area (Å²) in [6.07, 6.45) is 3.46. The normalized spacial score (nSPS) is 23.8. The SMILES string of the molecule is COC(=O)CC(=O)N1CC(CN2CCCCC2)C(c2cccc(F)c2)C1. The zero-order valence-corrected chi connectivity index (χ0v) is 15.3. The van der Waals surface area contributed by atoms with Gasteiger partial charge in [-0.2, -0.15) is 0 Å². The second-order valence-electron chi connectivity index (χ2n) is 7.33. The van der Waals surface area contributed by atoms with Crippen molar-refractivity contribution >= 4 is 11.9 Å². The van der Waals surface area contributed by atoms with Gasteiger partial charge in [-0.25, -0.2) is 4.39 Å². The van der Waals surface area contributed by atoms with Crippen LogP contribution in [0, 0.1) is 11.7 Å². The monoisotopic (exact) mass is 362 g/mol. The molecule has 0 bridgehead atoms. The van der Waals surface area contributed by atoms with E-state index in [0.717, 1.165) is 25.2 Å². The fourth-order valence-corrected chi connectivity index (χ4v) is 4.16. The Morgan fingerprint density at radius 2 is 1.96 bits per heavy atom. The molecule has 0 N–H and O–H groups in total. The number of nitrogens with zero attached hydrogens (tertiary/aromatic N) is 2. The van der Waals surface area contributed by atoms with E-state index in [4.69, 9.17) is 0 Å². The lowest BCUT2D eigenvalue weighted by Crippen LogP contribution is -2.37. The highest BCUT2D eigenvalue weighted by Gasteiger charge is 2.37. The van der Waals surface area contributed by atoms with Crippen molar-refractivity contribution in [1.82, 2.24) is 9.80 Å². The molecule has 3 rings (SSSR count). The second kappa shape index (κ2) is 8.62. The molecule has 0 radical (unpaired) electrons. The molecular weight excluding hydrogens is 335 g/mol. The number of hydrogen-bond acceptors (Lipinski definition) is 4. The zero-order chi connectivity index (χ0) is 18.5. The van der Waals surface area contributed by atoms with Crippen molar-refractivity contribution in [3.8, 4) is 0 Å². The van der Waals surface area contributed by atoms with E-state index in [1.54, 1.807) is 17.0 Å². The molecular formula is C20H27FN2O3. The van der Waals surface area contributed by atoms with E-state index in [9.17, 15) is 14.0 Å². The molecule has 2 atom stereocenters. The van der Waals surface area contributed by atoms with Crippen LogP contribution in [0.1, 0.15) is 37.2 Å². The fourth-order valence-electron chi connectivity index (χ4n) is 4.16. The first-order valence-electron chi connectivity index (χ1n) is 9.39. The van der Waals surface area contributed by atoms with Gasteiger partial charge in [-0.3, -0.25) is 9.59 Å². The van der Waals surface area contributed by atoms with Crippen molar-refractivity contribution in [3.63, 3.8) is 0 Å². The third kappa shape index (κ3) is 4.61. The lowest BCUT2D eigenvalue weighted by molar-refractivity contribution is -0.146. The van der Waals surface area contributed by atoms with E-state index in [1.807, 2.05) is 6.07 Å². The molecule has 2 unspecified atom stereocenters. The molecule has 2 fully saturated rings. The van der Waals surface area contributed by atoms with Gasteiger partial charge in [-0.15, -0.1) is 0 Å². The van der Waals surface area contributed by atoms with Crippen LogP contribution in [0.2, 0.25) is 0 Å².